The molecule has 4 rings (SSSR count). The Labute approximate surface area is 170 Å². The number of nitrogens with zero attached hydrogens (tertiary/aromatic N) is 2. The zero-order chi connectivity index (χ0) is 19.8. The molecule has 28 heavy (non-hydrogen) atoms. The molecule has 1 amide bonds. The van der Waals surface area contributed by atoms with Crippen LogP contribution in [0.5, 0.6) is 0 Å². The van der Waals surface area contributed by atoms with Gasteiger partial charge < -0.3 is 20.9 Å². The molecule has 6 nitrogen and oxygen atoms in total. The highest BCUT2D eigenvalue weighted by Crippen LogP contribution is 2.39. The standard InChI is InChI=1S/C20H21BrFN5O/c1-11-4-5-15(22)13(7-11)20(28)26-16-9-25-19-17(16)18(14(21)8-24-19)27-6-2-3-12(23)10-27/h4-5,7-9,12H,2-3,6,10,23H2,1H3,(H,24,25)(H,26,28)/t12-/m1/s1. The van der Waals surface area contributed by atoms with E-state index in [2.05, 4.69) is 36.1 Å². The largest absolute Gasteiger partial charge is 0.368 e. The Morgan fingerprint density at radius 2 is 2.29 bits per heavy atom. The molecule has 1 aliphatic heterocycles. The SMILES string of the molecule is Cc1ccc(F)c(C(=O)Nc2c[nH]c3ncc(Br)c(N4CCC[C@@H](N)C4)c23)c1. The molecule has 0 saturated carbocycles. The highest BCUT2D eigenvalue weighted by molar-refractivity contribution is 9.10. The minimum atomic E-state index is -0.551. The van der Waals surface area contributed by atoms with E-state index in [9.17, 15) is 9.18 Å². The first-order valence-corrected chi connectivity index (χ1v) is 9.97. The number of fused-ring (bicyclic) bond motifs is 1. The van der Waals surface area contributed by atoms with Gasteiger partial charge in [-0.1, -0.05) is 11.6 Å². The van der Waals surface area contributed by atoms with Crippen LogP contribution in [0.15, 0.2) is 35.1 Å². The van der Waals surface area contributed by atoms with Gasteiger partial charge in [-0.25, -0.2) is 9.37 Å². The average molecular weight is 446 g/mol. The molecule has 1 fully saturated rings. The number of aromatic amines is 1. The molecule has 4 N–H and O–H groups in total. The van der Waals surface area contributed by atoms with Gasteiger partial charge in [0.25, 0.3) is 5.91 Å². The van der Waals surface area contributed by atoms with Crippen molar-refractivity contribution in [1.29, 1.82) is 0 Å². The smallest absolute Gasteiger partial charge is 0.258 e. The minimum absolute atomic E-state index is 0.0128. The van der Waals surface area contributed by atoms with Crippen LogP contribution in [0.2, 0.25) is 0 Å². The number of halogens is 2. The number of carbonyl (C=O) groups excluding carboxylic acids is 1. The van der Waals surface area contributed by atoms with Crippen molar-refractivity contribution in [3.05, 3.63) is 52.0 Å². The Bertz CT molecular complexity index is 1050. The topological polar surface area (TPSA) is 87.0 Å². The summed E-state index contributed by atoms with van der Waals surface area (Å²) in [6.07, 6.45) is 5.41. The number of benzene rings is 1. The van der Waals surface area contributed by atoms with Crippen LogP contribution < -0.4 is 16.0 Å². The summed E-state index contributed by atoms with van der Waals surface area (Å²) in [5, 5.41) is 3.62. The first-order valence-electron chi connectivity index (χ1n) is 9.17. The number of H-pyrrole nitrogens is 1. The summed E-state index contributed by atoms with van der Waals surface area (Å²) in [6.45, 7) is 3.42. The third-order valence-corrected chi connectivity index (χ3v) is 5.60. The zero-order valence-corrected chi connectivity index (χ0v) is 17.0. The predicted octanol–water partition coefficient (Wildman–Crippen LogP) is 3.95. The first-order chi connectivity index (χ1) is 13.4. The van der Waals surface area contributed by atoms with E-state index in [0.29, 0.717) is 11.3 Å². The maximum atomic E-state index is 14.1. The second kappa shape index (κ2) is 7.52. The molecular formula is C20H21BrFN5O. The van der Waals surface area contributed by atoms with Crippen LogP contribution >= 0.6 is 15.9 Å². The van der Waals surface area contributed by atoms with E-state index in [-0.39, 0.29) is 11.6 Å². The predicted molar refractivity (Wildman–Crippen MR) is 112 cm³/mol. The van der Waals surface area contributed by atoms with Crippen molar-refractivity contribution in [2.24, 2.45) is 5.73 Å². The van der Waals surface area contributed by atoms with Gasteiger partial charge >= 0.3 is 0 Å². The maximum Gasteiger partial charge on any atom is 0.258 e. The van der Waals surface area contributed by atoms with Crippen LogP contribution in [0.3, 0.4) is 0 Å². The molecule has 3 heterocycles. The van der Waals surface area contributed by atoms with Gasteiger partial charge in [-0.05, 0) is 47.8 Å². The number of pyridine rings is 1. The van der Waals surface area contributed by atoms with Crippen molar-refractivity contribution in [3.8, 4) is 0 Å². The van der Waals surface area contributed by atoms with Gasteiger partial charge in [-0.2, -0.15) is 0 Å². The molecule has 1 aliphatic rings. The summed E-state index contributed by atoms with van der Waals surface area (Å²) in [6, 6.07) is 4.58. The fraction of sp³-hybridized carbons (Fsp3) is 0.300. The van der Waals surface area contributed by atoms with Gasteiger partial charge in [-0.15, -0.1) is 0 Å². The van der Waals surface area contributed by atoms with E-state index in [1.54, 1.807) is 18.5 Å². The molecule has 0 unspecified atom stereocenters. The Hall–Kier alpha value is -2.45. The molecule has 1 aromatic carbocycles. The number of rotatable bonds is 3. The average Bonchev–Trinajstić information content (AvgIpc) is 3.06. The maximum absolute atomic E-state index is 14.1. The quantitative estimate of drug-likeness (QED) is 0.569. The number of hydrogen-bond donors (Lipinski definition) is 3. The summed E-state index contributed by atoms with van der Waals surface area (Å²) >= 11 is 3.59. The third-order valence-electron chi connectivity index (χ3n) is 5.02. The van der Waals surface area contributed by atoms with Crippen LogP contribution in [0.1, 0.15) is 28.8 Å². The number of nitrogens with two attached hydrogens (primary N) is 1. The number of nitrogens with one attached hydrogen (secondary N) is 2. The summed E-state index contributed by atoms with van der Waals surface area (Å²) < 4.78 is 15.0. The molecule has 1 atom stereocenters. The molecule has 0 spiro atoms. The normalized spacial score (nSPS) is 17.1. The lowest BCUT2D eigenvalue weighted by Gasteiger charge is -2.33. The lowest BCUT2D eigenvalue weighted by atomic mass is 10.1. The fourth-order valence-electron chi connectivity index (χ4n) is 3.68. The van der Waals surface area contributed by atoms with Crippen LogP contribution in [0, 0.1) is 12.7 Å². The summed E-state index contributed by atoms with van der Waals surface area (Å²) in [5.74, 6) is -1.05. The van der Waals surface area contributed by atoms with E-state index in [1.807, 2.05) is 6.92 Å². The number of amides is 1. The molecule has 0 bridgehead atoms. The lowest BCUT2D eigenvalue weighted by Crippen LogP contribution is -2.43. The van der Waals surface area contributed by atoms with Crippen molar-refractivity contribution in [2.75, 3.05) is 23.3 Å². The van der Waals surface area contributed by atoms with Gasteiger partial charge in [0, 0.05) is 31.5 Å². The number of aryl methyl sites for hydroxylation is 1. The molecule has 146 valence electrons. The Morgan fingerprint density at radius 3 is 3.07 bits per heavy atom. The molecule has 1 saturated heterocycles. The molecule has 3 aromatic rings. The summed E-state index contributed by atoms with van der Waals surface area (Å²) in [4.78, 5) is 22.4. The minimum Gasteiger partial charge on any atom is -0.368 e. The molecule has 0 radical (unpaired) electrons. The molecule has 2 aromatic heterocycles. The van der Waals surface area contributed by atoms with Gasteiger partial charge in [0.15, 0.2) is 0 Å². The zero-order valence-electron chi connectivity index (χ0n) is 15.4. The van der Waals surface area contributed by atoms with Gasteiger partial charge in [0.2, 0.25) is 0 Å². The summed E-state index contributed by atoms with van der Waals surface area (Å²) in [5.41, 5.74) is 9.14. The van der Waals surface area contributed by atoms with Crippen LogP contribution in [0.4, 0.5) is 15.8 Å². The van der Waals surface area contributed by atoms with Crippen molar-refractivity contribution >= 4 is 44.2 Å². The van der Waals surface area contributed by atoms with Crippen LogP contribution in [-0.4, -0.2) is 35.0 Å². The fourth-order valence-corrected chi connectivity index (χ4v) is 4.23. The highest BCUT2D eigenvalue weighted by atomic mass is 79.9. The van der Waals surface area contributed by atoms with Crippen molar-refractivity contribution in [2.45, 2.75) is 25.8 Å². The second-order valence-electron chi connectivity index (χ2n) is 7.17. The highest BCUT2D eigenvalue weighted by Gasteiger charge is 2.24. The molecule has 0 aliphatic carbocycles. The third kappa shape index (κ3) is 3.49. The van der Waals surface area contributed by atoms with Crippen molar-refractivity contribution < 1.29 is 9.18 Å². The van der Waals surface area contributed by atoms with E-state index in [1.165, 1.54) is 12.1 Å². The van der Waals surface area contributed by atoms with Crippen LogP contribution in [-0.2, 0) is 0 Å². The number of aromatic nitrogens is 2. The number of piperidine rings is 1. The number of carbonyl (C=O) groups is 1. The lowest BCUT2D eigenvalue weighted by molar-refractivity contribution is 0.102. The van der Waals surface area contributed by atoms with E-state index in [4.69, 9.17) is 5.73 Å². The first kappa shape index (κ1) is 18.9. The van der Waals surface area contributed by atoms with Crippen LogP contribution in [0.25, 0.3) is 11.0 Å². The molecule has 8 heteroatoms. The van der Waals surface area contributed by atoms with Crippen molar-refractivity contribution in [1.82, 2.24) is 9.97 Å². The van der Waals surface area contributed by atoms with Crippen molar-refractivity contribution in [3.63, 3.8) is 0 Å². The Morgan fingerprint density at radius 1 is 1.46 bits per heavy atom. The van der Waals surface area contributed by atoms with E-state index >= 15 is 0 Å². The number of anilines is 2. The Kier molecular flexibility index (Phi) is 5.07. The van der Waals surface area contributed by atoms with Gasteiger partial charge in [-0.3, -0.25) is 4.79 Å². The van der Waals surface area contributed by atoms with Gasteiger partial charge in [0.1, 0.15) is 11.5 Å². The van der Waals surface area contributed by atoms with E-state index < -0.39 is 11.7 Å². The van der Waals surface area contributed by atoms with Gasteiger partial charge in [0.05, 0.1) is 26.8 Å². The monoisotopic (exact) mass is 445 g/mol. The second-order valence-corrected chi connectivity index (χ2v) is 8.02. The Balaban J connectivity index is 1.75. The van der Waals surface area contributed by atoms with E-state index in [0.717, 1.165) is 47.0 Å². The number of hydrogen-bond acceptors (Lipinski definition) is 4. The summed E-state index contributed by atoms with van der Waals surface area (Å²) in [7, 11) is 0. The molecular weight excluding hydrogens is 425 g/mol.